The number of rotatable bonds is 6. The van der Waals surface area contributed by atoms with Crippen molar-refractivity contribution in [1.82, 2.24) is 0 Å². The summed E-state index contributed by atoms with van der Waals surface area (Å²) in [4.78, 5) is 24.8. The molecule has 0 aliphatic carbocycles. The fraction of sp³-hybridized carbons (Fsp3) is 0.250. The number of esters is 1. The molecule has 0 aliphatic rings. The minimum Gasteiger partial charge on any atom is -0.469 e. The van der Waals surface area contributed by atoms with Crippen molar-refractivity contribution >= 4 is 17.6 Å². The molecule has 0 spiro atoms. The van der Waals surface area contributed by atoms with Gasteiger partial charge in [0.15, 0.2) is 0 Å². The van der Waals surface area contributed by atoms with Crippen molar-refractivity contribution in [3.05, 3.63) is 54.1 Å². The Labute approximate surface area is 147 Å². The Morgan fingerprint density at radius 3 is 2.08 bits per heavy atom. The molecule has 0 unspecified atom stereocenters. The first kappa shape index (κ1) is 18.2. The van der Waals surface area contributed by atoms with E-state index in [0.29, 0.717) is 18.4 Å². The van der Waals surface area contributed by atoms with Gasteiger partial charge in [0.2, 0.25) is 5.91 Å². The highest BCUT2D eigenvalue weighted by atomic mass is 16.5. The molecule has 2 aromatic rings. The molecule has 0 aliphatic heterocycles. The molecule has 0 saturated carbocycles. The van der Waals surface area contributed by atoms with Gasteiger partial charge in [-0.05, 0) is 41.8 Å². The standard InChI is InChI=1S/C20H20N2O3/c1-22(19(23)4-3-5-20(24)25-2)18-12-10-17(11-13-18)16-8-6-15(14-21)7-9-16/h6-13H,3-5H2,1-2H3. The van der Waals surface area contributed by atoms with Gasteiger partial charge in [0.05, 0.1) is 18.7 Å². The van der Waals surface area contributed by atoms with Gasteiger partial charge in [-0.1, -0.05) is 24.3 Å². The number of amides is 1. The van der Waals surface area contributed by atoms with Crippen LogP contribution in [-0.2, 0) is 14.3 Å². The van der Waals surface area contributed by atoms with Gasteiger partial charge in [0.25, 0.3) is 0 Å². The smallest absolute Gasteiger partial charge is 0.305 e. The van der Waals surface area contributed by atoms with Gasteiger partial charge >= 0.3 is 5.97 Å². The minimum atomic E-state index is -0.303. The maximum Gasteiger partial charge on any atom is 0.305 e. The molecule has 5 nitrogen and oxygen atoms in total. The first-order valence-corrected chi connectivity index (χ1v) is 7.99. The second kappa shape index (κ2) is 8.65. The summed E-state index contributed by atoms with van der Waals surface area (Å²) >= 11 is 0. The molecule has 1 amide bonds. The summed E-state index contributed by atoms with van der Waals surface area (Å²) in [5, 5.41) is 8.84. The molecule has 0 fully saturated rings. The molecule has 0 bridgehead atoms. The summed E-state index contributed by atoms with van der Waals surface area (Å²) in [6, 6.07) is 17.1. The van der Waals surface area contributed by atoms with Gasteiger partial charge in [0.1, 0.15) is 0 Å². The lowest BCUT2D eigenvalue weighted by Crippen LogP contribution is -2.25. The lowest BCUT2D eigenvalue weighted by atomic mass is 10.0. The fourth-order valence-electron chi connectivity index (χ4n) is 2.41. The summed E-state index contributed by atoms with van der Waals surface area (Å²) in [6.45, 7) is 0. The van der Waals surface area contributed by atoms with Crippen molar-refractivity contribution in [2.24, 2.45) is 0 Å². The van der Waals surface area contributed by atoms with Crippen LogP contribution < -0.4 is 4.90 Å². The van der Waals surface area contributed by atoms with Crippen LogP contribution >= 0.6 is 0 Å². The number of methoxy groups -OCH3 is 1. The van der Waals surface area contributed by atoms with Crippen molar-refractivity contribution in [2.75, 3.05) is 19.1 Å². The topological polar surface area (TPSA) is 70.4 Å². The van der Waals surface area contributed by atoms with Gasteiger partial charge in [-0.15, -0.1) is 0 Å². The summed E-state index contributed by atoms with van der Waals surface area (Å²) in [5.41, 5.74) is 3.44. The maximum absolute atomic E-state index is 12.2. The molecule has 0 N–H and O–H groups in total. The third kappa shape index (κ3) is 4.92. The Hall–Kier alpha value is -3.13. The number of anilines is 1. The Kier molecular flexibility index (Phi) is 6.30. The second-order valence-electron chi connectivity index (χ2n) is 5.62. The molecular weight excluding hydrogens is 316 g/mol. The van der Waals surface area contributed by atoms with Crippen LogP contribution in [0.5, 0.6) is 0 Å². The average molecular weight is 336 g/mol. The summed E-state index contributed by atoms with van der Waals surface area (Å²) in [5.74, 6) is -0.350. The Bertz CT molecular complexity index is 774. The highest BCUT2D eigenvalue weighted by Gasteiger charge is 2.12. The van der Waals surface area contributed by atoms with E-state index in [4.69, 9.17) is 5.26 Å². The summed E-state index contributed by atoms with van der Waals surface area (Å²) in [6.07, 6.45) is 1.01. The van der Waals surface area contributed by atoms with Crippen molar-refractivity contribution in [2.45, 2.75) is 19.3 Å². The van der Waals surface area contributed by atoms with Gasteiger partial charge in [-0.25, -0.2) is 0 Å². The van der Waals surface area contributed by atoms with Crippen LogP contribution in [0.15, 0.2) is 48.5 Å². The van der Waals surface area contributed by atoms with Crippen LogP contribution in [0.4, 0.5) is 5.69 Å². The number of carbonyl (C=O) groups excluding carboxylic acids is 2. The quantitative estimate of drug-likeness (QED) is 0.757. The summed E-state index contributed by atoms with van der Waals surface area (Å²) < 4.78 is 4.57. The van der Waals surface area contributed by atoms with Gasteiger partial charge in [-0.3, -0.25) is 9.59 Å². The first-order chi connectivity index (χ1) is 12.0. The zero-order valence-electron chi connectivity index (χ0n) is 14.4. The molecule has 2 aromatic carbocycles. The number of nitrogens with zero attached hydrogens (tertiary/aromatic N) is 2. The number of hydrogen-bond donors (Lipinski definition) is 0. The Balaban J connectivity index is 1.99. The van der Waals surface area contributed by atoms with Crippen LogP contribution in [0.25, 0.3) is 11.1 Å². The number of carbonyl (C=O) groups is 2. The normalized spacial score (nSPS) is 9.96. The zero-order chi connectivity index (χ0) is 18.2. The first-order valence-electron chi connectivity index (χ1n) is 7.99. The maximum atomic E-state index is 12.2. The second-order valence-corrected chi connectivity index (χ2v) is 5.62. The average Bonchev–Trinajstić information content (AvgIpc) is 2.67. The summed E-state index contributed by atoms with van der Waals surface area (Å²) in [7, 11) is 3.06. The van der Waals surface area contributed by atoms with E-state index in [1.54, 1.807) is 24.1 Å². The van der Waals surface area contributed by atoms with E-state index in [-0.39, 0.29) is 18.3 Å². The van der Waals surface area contributed by atoms with Gasteiger partial charge in [-0.2, -0.15) is 5.26 Å². The monoisotopic (exact) mass is 336 g/mol. The third-order valence-corrected chi connectivity index (χ3v) is 3.98. The number of benzene rings is 2. The van der Waals surface area contributed by atoms with Crippen molar-refractivity contribution in [1.29, 1.82) is 5.26 Å². The van der Waals surface area contributed by atoms with Crippen molar-refractivity contribution in [3.63, 3.8) is 0 Å². The molecule has 0 atom stereocenters. The number of hydrogen-bond acceptors (Lipinski definition) is 4. The predicted octanol–water partition coefficient (Wildman–Crippen LogP) is 3.53. The molecule has 25 heavy (non-hydrogen) atoms. The van der Waals surface area contributed by atoms with E-state index in [1.807, 2.05) is 36.4 Å². The lowest BCUT2D eigenvalue weighted by Gasteiger charge is -2.17. The van der Waals surface area contributed by atoms with Crippen LogP contribution in [0.1, 0.15) is 24.8 Å². The molecule has 128 valence electrons. The minimum absolute atomic E-state index is 0.0463. The molecular formula is C20H20N2O3. The molecule has 0 saturated heterocycles. The van der Waals surface area contributed by atoms with Crippen molar-refractivity contribution in [3.8, 4) is 17.2 Å². The SMILES string of the molecule is COC(=O)CCCC(=O)N(C)c1ccc(-c2ccc(C#N)cc2)cc1. The molecule has 0 radical (unpaired) electrons. The van der Waals surface area contributed by atoms with Crippen LogP contribution in [-0.4, -0.2) is 26.0 Å². The molecule has 0 aromatic heterocycles. The number of ether oxygens (including phenoxy) is 1. The molecule has 2 rings (SSSR count). The van der Waals surface area contributed by atoms with E-state index in [9.17, 15) is 9.59 Å². The molecule has 5 heteroatoms. The Morgan fingerprint density at radius 2 is 1.56 bits per heavy atom. The largest absolute Gasteiger partial charge is 0.469 e. The van der Waals surface area contributed by atoms with E-state index in [2.05, 4.69) is 10.8 Å². The zero-order valence-corrected chi connectivity index (χ0v) is 14.4. The highest BCUT2D eigenvalue weighted by molar-refractivity contribution is 5.93. The van der Waals surface area contributed by atoms with E-state index < -0.39 is 0 Å². The van der Waals surface area contributed by atoms with Crippen LogP contribution in [0.2, 0.25) is 0 Å². The molecule has 0 heterocycles. The van der Waals surface area contributed by atoms with Gasteiger partial charge < -0.3 is 9.64 Å². The van der Waals surface area contributed by atoms with E-state index >= 15 is 0 Å². The van der Waals surface area contributed by atoms with E-state index in [1.165, 1.54) is 7.11 Å². The number of nitriles is 1. The lowest BCUT2D eigenvalue weighted by molar-refractivity contribution is -0.140. The van der Waals surface area contributed by atoms with E-state index in [0.717, 1.165) is 16.8 Å². The van der Waals surface area contributed by atoms with Crippen LogP contribution in [0, 0.1) is 11.3 Å². The van der Waals surface area contributed by atoms with Crippen molar-refractivity contribution < 1.29 is 14.3 Å². The predicted molar refractivity (Wildman–Crippen MR) is 95.9 cm³/mol. The Morgan fingerprint density at radius 1 is 1.00 bits per heavy atom. The van der Waals surface area contributed by atoms with Crippen LogP contribution in [0.3, 0.4) is 0 Å². The third-order valence-electron chi connectivity index (χ3n) is 3.98. The fourth-order valence-corrected chi connectivity index (χ4v) is 2.41. The highest BCUT2D eigenvalue weighted by Crippen LogP contribution is 2.23. The van der Waals surface area contributed by atoms with Gasteiger partial charge in [0, 0.05) is 25.6 Å².